The Bertz CT molecular complexity index is 815. The van der Waals surface area contributed by atoms with Crippen LogP contribution in [0.5, 0.6) is 0 Å². The maximum absolute atomic E-state index is 13.0. The van der Waals surface area contributed by atoms with Crippen molar-refractivity contribution in [3.63, 3.8) is 0 Å². The summed E-state index contributed by atoms with van der Waals surface area (Å²) in [5, 5.41) is 0. The van der Waals surface area contributed by atoms with Crippen LogP contribution in [0.2, 0.25) is 0 Å². The average molecular weight is 376 g/mol. The molecule has 1 atom stereocenters. The van der Waals surface area contributed by atoms with Crippen LogP contribution < -0.4 is 0 Å². The number of carbonyl (C=O) groups excluding carboxylic acids is 4. The summed E-state index contributed by atoms with van der Waals surface area (Å²) in [6.07, 6.45) is 0. The average Bonchev–Trinajstić information content (AvgIpc) is 2.93. The third-order valence-electron chi connectivity index (χ3n) is 5.15. The number of aromatic amines is 1. The van der Waals surface area contributed by atoms with E-state index in [2.05, 4.69) is 4.98 Å². The van der Waals surface area contributed by atoms with Crippen LogP contribution in [-0.4, -0.2) is 89.2 Å². The first kappa shape index (κ1) is 18.9. The predicted octanol–water partition coefficient (Wildman–Crippen LogP) is -0.0668. The van der Waals surface area contributed by atoms with Crippen molar-refractivity contribution in [2.24, 2.45) is 0 Å². The van der Waals surface area contributed by atoms with Crippen molar-refractivity contribution in [1.82, 2.24) is 19.7 Å². The van der Waals surface area contributed by atoms with Gasteiger partial charge in [-0.3, -0.25) is 14.4 Å². The van der Waals surface area contributed by atoms with Crippen molar-refractivity contribution in [1.29, 1.82) is 0 Å². The standard InChI is InChI=1S/C18H24N4O5/c1-5-27-18(26)14-10(2)15(19-11(14)3)17(25)21-6-7-22-12(8-21)16(24)20(4)9-13(22)23/h12,19H,5-9H2,1-4H3. The summed E-state index contributed by atoms with van der Waals surface area (Å²) in [6.45, 7) is 6.25. The highest BCUT2D eigenvalue weighted by molar-refractivity contribution is 6.01. The Morgan fingerprint density at radius 1 is 1.22 bits per heavy atom. The Kier molecular flexibility index (Phi) is 4.95. The van der Waals surface area contributed by atoms with Crippen LogP contribution in [0, 0.1) is 13.8 Å². The zero-order valence-corrected chi connectivity index (χ0v) is 16.0. The number of carbonyl (C=O) groups is 4. The molecule has 0 spiro atoms. The van der Waals surface area contributed by atoms with Crippen LogP contribution in [0.15, 0.2) is 0 Å². The maximum atomic E-state index is 13.0. The molecule has 1 unspecified atom stereocenters. The van der Waals surface area contributed by atoms with Crippen molar-refractivity contribution in [2.75, 3.05) is 39.8 Å². The van der Waals surface area contributed by atoms with Gasteiger partial charge in [0.2, 0.25) is 11.8 Å². The quantitative estimate of drug-likeness (QED) is 0.744. The first-order valence-electron chi connectivity index (χ1n) is 8.96. The Morgan fingerprint density at radius 2 is 1.93 bits per heavy atom. The molecule has 9 nitrogen and oxygen atoms in total. The lowest BCUT2D eigenvalue weighted by molar-refractivity contribution is -0.157. The number of aromatic nitrogens is 1. The van der Waals surface area contributed by atoms with Crippen LogP contribution >= 0.6 is 0 Å². The molecule has 27 heavy (non-hydrogen) atoms. The van der Waals surface area contributed by atoms with Gasteiger partial charge < -0.3 is 24.4 Å². The number of nitrogens with zero attached hydrogens (tertiary/aromatic N) is 3. The molecule has 0 aromatic carbocycles. The molecule has 1 N–H and O–H groups in total. The number of amides is 3. The van der Waals surface area contributed by atoms with Gasteiger partial charge in [0.15, 0.2) is 0 Å². The molecule has 2 saturated heterocycles. The first-order valence-corrected chi connectivity index (χ1v) is 8.96. The highest BCUT2D eigenvalue weighted by Crippen LogP contribution is 2.23. The Balaban J connectivity index is 1.83. The summed E-state index contributed by atoms with van der Waals surface area (Å²) in [5.74, 6) is -1.04. The van der Waals surface area contributed by atoms with E-state index in [1.807, 2.05) is 0 Å². The van der Waals surface area contributed by atoms with E-state index in [0.29, 0.717) is 35.6 Å². The summed E-state index contributed by atoms with van der Waals surface area (Å²) in [6, 6.07) is -0.658. The lowest BCUT2D eigenvalue weighted by Crippen LogP contribution is -2.66. The molecule has 146 valence electrons. The molecule has 3 rings (SSSR count). The molecule has 1 aromatic heterocycles. The van der Waals surface area contributed by atoms with E-state index < -0.39 is 12.0 Å². The van der Waals surface area contributed by atoms with Crippen LogP contribution in [-0.2, 0) is 14.3 Å². The van der Waals surface area contributed by atoms with E-state index >= 15 is 0 Å². The van der Waals surface area contributed by atoms with E-state index in [9.17, 15) is 19.2 Å². The Labute approximate surface area is 157 Å². The molecule has 0 bridgehead atoms. The second-order valence-electron chi connectivity index (χ2n) is 6.89. The molecule has 0 radical (unpaired) electrons. The Morgan fingerprint density at radius 3 is 2.59 bits per heavy atom. The van der Waals surface area contributed by atoms with E-state index in [1.54, 1.807) is 37.6 Å². The fourth-order valence-corrected chi connectivity index (χ4v) is 3.73. The van der Waals surface area contributed by atoms with Gasteiger partial charge in [0.1, 0.15) is 11.7 Å². The van der Waals surface area contributed by atoms with Gasteiger partial charge in [0, 0.05) is 25.8 Å². The zero-order chi connectivity index (χ0) is 19.9. The molecule has 0 saturated carbocycles. The van der Waals surface area contributed by atoms with Crippen LogP contribution in [0.4, 0.5) is 0 Å². The molecule has 3 amide bonds. The first-order chi connectivity index (χ1) is 12.8. The van der Waals surface area contributed by atoms with Crippen molar-refractivity contribution in [3.05, 3.63) is 22.5 Å². The van der Waals surface area contributed by atoms with Gasteiger partial charge in [-0.1, -0.05) is 0 Å². The molecular formula is C18H24N4O5. The minimum Gasteiger partial charge on any atom is -0.462 e. The van der Waals surface area contributed by atoms with E-state index in [-0.39, 0.29) is 37.4 Å². The number of hydrogen-bond donors (Lipinski definition) is 1. The zero-order valence-electron chi connectivity index (χ0n) is 16.0. The largest absolute Gasteiger partial charge is 0.462 e. The van der Waals surface area contributed by atoms with Crippen molar-refractivity contribution in [3.8, 4) is 0 Å². The summed E-state index contributed by atoms with van der Waals surface area (Å²) in [4.78, 5) is 57.2. The van der Waals surface area contributed by atoms with Crippen molar-refractivity contribution < 1.29 is 23.9 Å². The van der Waals surface area contributed by atoms with Gasteiger partial charge in [-0.25, -0.2) is 4.79 Å². The van der Waals surface area contributed by atoms with Crippen LogP contribution in [0.3, 0.4) is 0 Å². The normalized spacial score (nSPS) is 20.0. The van der Waals surface area contributed by atoms with Gasteiger partial charge >= 0.3 is 5.97 Å². The fourth-order valence-electron chi connectivity index (χ4n) is 3.73. The number of rotatable bonds is 3. The molecule has 9 heteroatoms. The maximum Gasteiger partial charge on any atom is 0.340 e. The second kappa shape index (κ2) is 7.05. The van der Waals surface area contributed by atoms with Crippen molar-refractivity contribution >= 4 is 23.7 Å². The summed E-state index contributed by atoms with van der Waals surface area (Å²) in [5.41, 5.74) is 1.77. The summed E-state index contributed by atoms with van der Waals surface area (Å²) >= 11 is 0. The van der Waals surface area contributed by atoms with Gasteiger partial charge in [-0.05, 0) is 26.3 Å². The van der Waals surface area contributed by atoms with E-state index in [4.69, 9.17) is 4.74 Å². The second-order valence-corrected chi connectivity index (χ2v) is 6.89. The van der Waals surface area contributed by atoms with Crippen LogP contribution in [0.1, 0.15) is 39.0 Å². The number of ether oxygens (including phenoxy) is 1. The number of likely N-dealkylation sites (N-methyl/N-ethyl adjacent to an activating group) is 1. The molecule has 2 fully saturated rings. The monoisotopic (exact) mass is 376 g/mol. The number of aryl methyl sites for hydroxylation is 1. The lowest BCUT2D eigenvalue weighted by atomic mass is 10.1. The van der Waals surface area contributed by atoms with Crippen molar-refractivity contribution in [2.45, 2.75) is 26.8 Å². The third-order valence-corrected chi connectivity index (χ3v) is 5.15. The number of nitrogens with one attached hydrogen (secondary N) is 1. The molecule has 0 aliphatic carbocycles. The molecule has 2 aliphatic rings. The minimum atomic E-state index is -0.658. The lowest BCUT2D eigenvalue weighted by Gasteiger charge is -2.45. The highest BCUT2D eigenvalue weighted by atomic mass is 16.5. The molecule has 1 aromatic rings. The van der Waals surface area contributed by atoms with Gasteiger partial charge in [0.05, 0.1) is 25.3 Å². The van der Waals surface area contributed by atoms with Gasteiger partial charge in [-0.2, -0.15) is 0 Å². The van der Waals surface area contributed by atoms with Crippen LogP contribution in [0.25, 0.3) is 0 Å². The molecule has 2 aliphatic heterocycles. The summed E-state index contributed by atoms with van der Waals surface area (Å²) in [7, 11) is 1.59. The highest BCUT2D eigenvalue weighted by Gasteiger charge is 2.42. The van der Waals surface area contributed by atoms with Gasteiger partial charge in [0.25, 0.3) is 5.91 Å². The van der Waals surface area contributed by atoms with E-state index in [1.165, 1.54) is 4.90 Å². The fraction of sp³-hybridized carbons (Fsp3) is 0.556. The minimum absolute atomic E-state index is 0.0705. The number of fused-ring (bicyclic) bond motifs is 1. The Hall–Kier alpha value is -2.84. The third kappa shape index (κ3) is 3.17. The SMILES string of the molecule is CCOC(=O)c1c(C)[nH]c(C(=O)N2CCN3C(=O)CN(C)C(=O)C3C2)c1C. The smallest absolute Gasteiger partial charge is 0.340 e. The molecular weight excluding hydrogens is 352 g/mol. The topological polar surface area (TPSA) is 103 Å². The molecule has 3 heterocycles. The number of esters is 1. The number of piperazine rings is 2. The summed E-state index contributed by atoms with van der Waals surface area (Å²) < 4.78 is 5.06. The number of hydrogen-bond acceptors (Lipinski definition) is 5. The van der Waals surface area contributed by atoms with E-state index in [0.717, 1.165) is 0 Å². The number of H-pyrrole nitrogens is 1. The van der Waals surface area contributed by atoms with Gasteiger partial charge in [-0.15, -0.1) is 0 Å². The predicted molar refractivity (Wildman–Crippen MR) is 95.3 cm³/mol.